The third-order valence-corrected chi connectivity index (χ3v) is 23.3. The predicted octanol–water partition coefficient (Wildman–Crippen LogP) is 15.8. The van der Waals surface area contributed by atoms with Gasteiger partial charge in [0.25, 0.3) is 0 Å². The Kier molecular flexibility index (Phi) is 25.8. The molecule has 1 heterocycles. The van der Waals surface area contributed by atoms with Crippen molar-refractivity contribution in [2.75, 3.05) is 14.2 Å². The maximum atomic E-state index is 13.8. The fourth-order valence-electron chi connectivity index (χ4n) is 7.15. The molecule has 9 nitrogen and oxygen atoms in total. The largest absolute Gasteiger partial charge is 0.455 e. The first-order valence-corrected chi connectivity index (χ1v) is 31.1. The van der Waals surface area contributed by atoms with E-state index in [1.807, 2.05) is 36.6 Å². The van der Waals surface area contributed by atoms with Crippen LogP contribution in [0.15, 0.2) is 89.4 Å². The van der Waals surface area contributed by atoms with E-state index in [9.17, 15) is 9.59 Å². The molecule has 0 bridgehead atoms. The summed E-state index contributed by atoms with van der Waals surface area (Å²) < 4.78 is 32.0. The van der Waals surface area contributed by atoms with Gasteiger partial charge in [0.05, 0.1) is 24.0 Å². The lowest BCUT2D eigenvalue weighted by atomic mass is 9.92. The molecule has 1 rings (SSSR count). The van der Waals surface area contributed by atoms with E-state index in [-0.39, 0.29) is 64.5 Å². The average Bonchev–Trinajstić information content (AvgIpc) is 3.70. The minimum atomic E-state index is -2.11. The van der Waals surface area contributed by atoms with Crippen molar-refractivity contribution >= 4 is 40.0 Å². The van der Waals surface area contributed by atoms with Gasteiger partial charge in [-0.2, -0.15) is 0 Å². The van der Waals surface area contributed by atoms with Gasteiger partial charge >= 0.3 is 12.1 Å². The number of thiazole rings is 1. The second kappa shape index (κ2) is 27.9. The number of hydrogen-bond acceptors (Lipinski definition) is 9. The van der Waals surface area contributed by atoms with E-state index < -0.39 is 34.9 Å². The second-order valence-electron chi connectivity index (χ2n) is 22.1. The van der Waals surface area contributed by atoms with Gasteiger partial charge in [-0.1, -0.05) is 148 Å². The molecular formula is C55H94N2O7SSi2. The van der Waals surface area contributed by atoms with Crippen molar-refractivity contribution in [1.82, 2.24) is 10.3 Å². The lowest BCUT2D eigenvalue weighted by Crippen LogP contribution is -2.46. The fraction of sp³-hybridized carbons (Fsp3) is 0.655. The normalized spacial score (nSPS) is 17.6. The summed E-state index contributed by atoms with van der Waals surface area (Å²) in [7, 11) is -0.896. The highest BCUT2D eigenvalue weighted by molar-refractivity contribution is 7.09. The fourth-order valence-corrected chi connectivity index (χ4v) is 10.7. The Hall–Kier alpha value is -3.14. The van der Waals surface area contributed by atoms with Gasteiger partial charge in [0.1, 0.15) is 5.01 Å². The molecule has 1 aromatic rings. The maximum Gasteiger partial charge on any atom is 0.407 e. The molecule has 0 fully saturated rings. The van der Waals surface area contributed by atoms with Gasteiger partial charge in [0, 0.05) is 43.7 Å². The first kappa shape index (κ1) is 61.9. The zero-order valence-electron chi connectivity index (χ0n) is 45.8. The molecule has 1 amide bonds. The van der Waals surface area contributed by atoms with E-state index >= 15 is 0 Å². The number of methoxy groups -OCH3 is 1. The summed E-state index contributed by atoms with van der Waals surface area (Å²) in [6, 6.07) is 0. The quantitative estimate of drug-likeness (QED) is 0.0402. The zero-order valence-corrected chi connectivity index (χ0v) is 48.7. The number of carbonyl (C=O) groups is 2. The molecule has 0 aliphatic heterocycles. The molecule has 0 radical (unpaired) electrons. The molecule has 1 aromatic heterocycles. The monoisotopic (exact) mass is 983 g/mol. The lowest BCUT2D eigenvalue weighted by molar-refractivity contribution is -0.151. The van der Waals surface area contributed by atoms with E-state index in [0.29, 0.717) is 23.5 Å². The summed E-state index contributed by atoms with van der Waals surface area (Å²) in [6.07, 6.45) is 16.5. The highest BCUT2D eigenvalue weighted by atomic mass is 32.1. The van der Waals surface area contributed by atoms with Crippen molar-refractivity contribution in [3.05, 3.63) is 100 Å². The van der Waals surface area contributed by atoms with Crippen LogP contribution in [0.1, 0.15) is 152 Å². The number of nitrogens with zero attached hydrogens (tertiary/aromatic N) is 1. The maximum absolute atomic E-state index is 13.8. The number of esters is 1. The van der Waals surface area contributed by atoms with Crippen molar-refractivity contribution < 1.29 is 32.7 Å². The number of amides is 1. The summed E-state index contributed by atoms with van der Waals surface area (Å²) in [5.41, 5.74) is 5.13. The number of alkyl carbamates (subject to hydrolysis) is 1. The van der Waals surface area contributed by atoms with Crippen molar-refractivity contribution in [2.24, 2.45) is 23.7 Å². The molecule has 67 heavy (non-hydrogen) atoms. The minimum Gasteiger partial charge on any atom is -0.455 e. The predicted molar refractivity (Wildman–Crippen MR) is 290 cm³/mol. The van der Waals surface area contributed by atoms with Gasteiger partial charge in [-0.05, 0) is 94.7 Å². The topological polar surface area (TPSA) is 105 Å². The van der Waals surface area contributed by atoms with Crippen LogP contribution in [0.2, 0.25) is 36.3 Å². The molecule has 0 saturated carbocycles. The molecule has 12 heteroatoms. The van der Waals surface area contributed by atoms with Gasteiger partial charge < -0.3 is 28.4 Å². The summed E-state index contributed by atoms with van der Waals surface area (Å²) >= 11 is 1.41. The SMILES string of the molecule is C=C/C(C)=C\C(C)=C/[C@H](C)[C@@H](/C=C(\C)CCCC(=O)O[C@H](c1csc([C@H](CC(C)C)OC(=O)NC)n1)[C@@H](C)/C=C/C=C(\C)[C@@H](OC)[C@@H](C)[C@@H](C=C)O[Si](C)(C)C(C)(C)C)O[Si](C)(C)C(C)(C)C. The van der Waals surface area contributed by atoms with Gasteiger partial charge in [0.2, 0.25) is 0 Å². The second-order valence-corrected chi connectivity index (χ2v) is 32.5. The smallest absolute Gasteiger partial charge is 0.407 e. The third kappa shape index (κ3) is 20.8. The van der Waals surface area contributed by atoms with Crippen molar-refractivity contribution in [1.29, 1.82) is 0 Å². The van der Waals surface area contributed by atoms with Crippen LogP contribution in [-0.2, 0) is 27.9 Å². The van der Waals surface area contributed by atoms with Crippen LogP contribution >= 0.6 is 11.3 Å². The average molecular weight is 984 g/mol. The van der Waals surface area contributed by atoms with Crippen LogP contribution in [0, 0.1) is 23.7 Å². The van der Waals surface area contributed by atoms with E-state index in [1.165, 1.54) is 22.5 Å². The van der Waals surface area contributed by atoms with Crippen LogP contribution in [-0.4, -0.2) is 66.2 Å². The van der Waals surface area contributed by atoms with Crippen molar-refractivity contribution in [3.63, 3.8) is 0 Å². The highest BCUT2D eigenvalue weighted by Gasteiger charge is 2.41. The first-order valence-electron chi connectivity index (χ1n) is 24.4. The molecular weight excluding hydrogens is 889 g/mol. The van der Waals surface area contributed by atoms with Crippen LogP contribution < -0.4 is 5.32 Å². The molecule has 0 aromatic carbocycles. The van der Waals surface area contributed by atoms with Crippen molar-refractivity contribution in [3.8, 4) is 0 Å². The molecule has 0 aliphatic carbocycles. The van der Waals surface area contributed by atoms with Gasteiger partial charge in [-0.3, -0.25) is 4.79 Å². The standard InChI is InChI=1S/C55H94N2O7SSi2/c1-24-38(5)33-40(7)34-43(10)47(64-67(22,23)55(15,16)17)35-39(6)28-26-31-49(58)62-51(45-36-65-52(57-45)48(32-37(3)4)61-53(59)56-18)42(9)30-27-29-41(8)50(60-19)44(11)46(25-2)63-66(20,21)54(12,13)14/h24-25,27,29-30,33-37,42-44,46-48,50-51H,1-2,26,28,31-32H2,3-23H3,(H,56,59)/b30-27+,38-33-,39-35+,40-34-,41-29+/t42-,43-,44-,46+,47+,48-,50+,51-/m0/s1. The Morgan fingerprint density at radius 3 is 1.93 bits per heavy atom. The van der Waals surface area contributed by atoms with Gasteiger partial charge in [0.15, 0.2) is 28.8 Å². The molecule has 8 atom stereocenters. The summed E-state index contributed by atoms with van der Waals surface area (Å²) in [5.74, 6) is -0.133. The van der Waals surface area contributed by atoms with Crippen molar-refractivity contribution in [2.45, 2.75) is 196 Å². The highest BCUT2D eigenvalue weighted by Crippen LogP contribution is 2.41. The van der Waals surface area contributed by atoms with Crippen LogP contribution in [0.3, 0.4) is 0 Å². The Bertz CT molecular complexity index is 1890. The number of rotatable bonds is 27. The van der Waals surface area contributed by atoms with Gasteiger partial charge in [-0.25, -0.2) is 9.78 Å². The molecule has 0 aliphatic rings. The third-order valence-electron chi connectivity index (χ3n) is 13.4. The van der Waals surface area contributed by atoms with E-state index in [2.05, 4.69) is 166 Å². The zero-order chi connectivity index (χ0) is 51.7. The van der Waals surface area contributed by atoms with E-state index in [0.717, 1.165) is 17.6 Å². The molecule has 0 saturated heterocycles. The number of allylic oxidation sites excluding steroid dienone is 7. The molecule has 1 N–H and O–H groups in total. The molecule has 0 unspecified atom stereocenters. The number of ether oxygens (including phenoxy) is 3. The van der Waals surface area contributed by atoms with E-state index in [1.54, 1.807) is 14.2 Å². The molecule has 0 spiro atoms. The molecule has 380 valence electrons. The first-order chi connectivity index (χ1) is 30.8. The number of aromatic nitrogens is 1. The minimum absolute atomic E-state index is 0.0179. The number of carbonyl (C=O) groups excluding carboxylic acids is 2. The van der Waals surface area contributed by atoms with Crippen LogP contribution in [0.5, 0.6) is 0 Å². The van der Waals surface area contributed by atoms with Crippen LogP contribution in [0.25, 0.3) is 0 Å². The number of hydrogen-bond donors (Lipinski definition) is 1. The summed E-state index contributed by atoms with van der Waals surface area (Å²) in [6.45, 7) is 49.6. The lowest BCUT2D eigenvalue weighted by Gasteiger charge is -2.41. The Morgan fingerprint density at radius 2 is 1.42 bits per heavy atom. The number of nitrogens with one attached hydrogen (secondary N) is 1. The summed E-state index contributed by atoms with van der Waals surface area (Å²) in [4.78, 5) is 31.2. The van der Waals surface area contributed by atoms with Crippen LogP contribution in [0.4, 0.5) is 4.79 Å². The Morgan fingerprint density at radius 1 is 0.836 bits per heavy atom. The Labute approximate surface area is 415 Å². The summed E-state index contributed by atoms with van der Waals surface area (Å²) in [5, 5.41) is 5.25. The van der Waals surface area contributed by atoms with E-state index in [4.69, 9.17) is 28.0 Å². The Balaban J connectivity index is 3.52. The van der Waals surface area contributed by atoms with Gasteiger partial charge in [-0.15, -0.1) is 17.9 Å².